The van der Waals surface area contributed by atoms with Gasteiger partial charge in [0.15, 0.2) is 0 Å². The molecule has 8 nitrogen and oxygen atoms in total. The molecule has 3 rings (SSSR count). The van der Waals surface area contributed by atoms with Crippen molar-refractivity contribution in [2.45, 2.75) is 111 Å². The molecule has 0 aliphatic carbocycles. The Morgan fingerprint density at radius 3 is 1.47 bits per heavy atom. The van der Waals surface area contributed by atoms with Crippen LogP contribution in [0.4, 0.5) is 11.4 Å². The number of hydrogen-bond donors (Lipinski definition) is 1. The van der Waals surface area contributed by atoms with E-state index in [1.54, 1.807) is 35.3 Å². The molecule has 0 bridgehead atoms. The van der Waals surface area contributed by atoms with Gasteiger partial charge >= 0.3 is 11.9 Å². The predicted octanol–water partition coefficient (Wildman–Crippen LogP) is 13.3. The zero-order valence-electron chi connectivity index (χ0n) is 30.1. The number of likely N-dealkylation sites (N-methyl/N-ethyl adjacent to an activating group) is 2. The van der Waals surface area contributed by atoms with Gasteiger partial charge in [-0.05, 0) is 102 Å². The van der Waals surface area contributed by atoms with Crippen molar-refractivity contribution in [3.05, 3.63) is 59.7 Å². The maximum Gasteiger partial charge on any atom is 0.306 e. The van der Waals surface area contributed by atoms with Crippen molar-refractivity contribution in [3.8, 4) is 0 Å². The highest BCUT2D eigenvalue weighted by molar-refractivity contribution is 8.23. The van der Waals surface area contributed by atoms with Gasteiger partial charge in [0.25, 0.3) is 0 Å². The van der Waals surface area contributed by atoms with Gasteiger partial charge in [0.2, 0.25) is 5.12 Å². The van der Waals surface area contributed by atoms with E-state index in [1.807, 2.05) is 14.1 Å². The molecule has 0 fully saturated rings. The second-order valence-corrected chi connectivity index (χ2v) is 17.0. The van der Waals surface area contributed by atoms with Gasteiger partial charge in [-0.25, -0.2) is 4.72 Å². The number of anilines is 2. The Hall–Kier alpha value is -1.90. The molecule has 0 saturated carbocycles. The highest BCUT2D eigenvalue weighted by Crippen LogP contribution is 2.45. The zero-order valence-corrected chi connectivity index (χ0v) is 34.2. The van der Waals surface area contributed by atoms with E-state index in [0.717, 1.165) is 80.3 Å². The van der Waals surface area contributed by atoms with E-state index < -0.39 is 0 Å². The van der Waals surface area contributed by atoms with Crippen molar-refractivity contribution in [2.75, 3.05) is 85.2 Å². The third-order valence-corrected chi connectivity index (χ3v) is 13.1. The average Bonchev–Trinajstić information content (AvgIpc) is 3.29. The van der Waals surface area contributed by atoms with Crippen LogP contribution in [0, 0.1) is 0 Å². The Morgan fingerprint density at radius 2 is 1.07 bits per heavy atom. The topological polar surface area (TPSA) is 88.2 Å². The van der Waals surface area contributed by atoms with Crippen LogP contribution in [0.2, 0.25) is 0 Å². The van der Waals surface area contributed by atoms with Crippen LogP contribution in [-0.2, 0) is 23.9 Å². The standard InChI is InChI=1S/C37H53N3O5S5.8CH4/c1-6-23-47-26-17-33(41)44-21-19-39(3)30-12-8-28(9-13-30)35-36(50-38-32(16-25-46-5)37(43)49-35)29-10-14-31(15-11-29)40(4)20-22-45-34(42)18-27-48-24-7-2;;;;;;;;/h8-15,32,38H,6-7,16-27H2,1-5H3;8*1H4/t32-;;;;;;;;/m0......../s1. The summed E-state index contributed by atoms with van der Waals surface area (Å²) < 4.78 is 14.4. The summed E-state index contributed by atoms with van der Waals surface area (Å²) in [5.74, 6) is 4.33. The summed E-state index contributed by atoms with van der Waals surface area (Å²) in [6.07, 6.45) is 5.93. The van der Waals surface area contributed by atoms with Gasteiger partial charge in [-0.15, -0.1) is 0 Å². The molecule has 58 heavy (non-hydrogen) atoms. The monoisotopic (exact) mass is 908 g/mol. The number of benzene rings is 2. The quantitative estimate of drug-likeness (QED) is 0.0653. The molecule has 0 radical (unpaired) electrons. The van der Waals surface area contributed by atoms with Crippen molar-refractivity contribution >= 4 is 97.2 Å². The fraction of sp³-hybridized carbons (Fsp3) is 0.622. The minimum Gasteiger partial charge on any atom is -0.464 e. The summed E-state index contributed by atoms with van der Waals surface area (Å²) >= 11 is 8.14. The Balaban J connectivity index is -0.000000845. The normalized spacial score (nSPS) is 12.7. The number of hydrogen-bond acceptors (Lipinski definition) is 13. The number of carbonyl (C=O) groups is 3. The van der Waals surface area contributed by atoms with Crippen LogP contribution in [0.3, 0.4) is 0 Å². The largest absolute Gasteiger partial charge is 0.464 e. The third-order valence-electron chi connectivity index (χ3n) is 7.73. The van der Waals surface area contributed by atoms with Gasteiger partial charge in [-0.3, -0.25) is 14.4 Å². The van der Waals surface area contributed by atoms with Gasteiger partial charge in [0, 0.05) is 46.8 Å². The minimum absolute atomic E-state index is 0. The van der Waals surface area contributed by atoms with E-state index in [4.69, 9.17) is 9.47 Å². The van der Waals surface area contributed by atoms with E-state index in [0.29, 0.717) is 39.1 Å². The lowest BCUT2D eigenvalue weighted by atomic mass is 10.1. The summed E-state index contributed by atoms with van der Waals surface area (Å²) in [4.78, 5) is 43.7. The van der Waals surface area contributed by atoms with Crippen LogP contribution in [0.1, 0.15) is 116 Å². The highest BCUT2D eigenvalue weighted by atomic mass is 32.2. The molecule has 13 heteroatoms. The first-order chi connectivity index (χ1) is 24.3. The number of nitrogens with one attached hydrogen (secondary N) is 1. The number of rotatable bonds is 23. The van der Waals surface area contributed by atoms with Crippen molar-refractivity contribution in [1.82, 2.24) is 4.72 Å². The Bertz CT molecular complexity index is 1360. The number of ether oxygens (including phenoxy) is 2. The molecule has 1 N–H and O–H groups in total. The van der Waals surface area contributed by atoms with E-state index in [2.05, 4.69) is 83.2 Å². The lowest BCUT2D eigenvalue weighted by molar-refractivity contribution is -0.143. The molecule has 0 saturated heterocycles. The van der Waals surface area contributed by atoms with Gasteiger partial charge in [-0.1, -0.05) is 97.5 Å². The first kappa shape index (κ1) is 67.9. The first-order valence-corrected chi connectivity index (χ1v) is 22.6. The number of thioether (sulfide) groups is 4. The minimum atomic E-state index is -0.248. The molecule has 1 atom stereocenters. The van der Waals surface area contributed by atoms with Crippen molar-refractivity contribution < 1.29 is 23.9 Å². The molecule has 2 aromatic rings. The summed E-state index contributed by atoms with van der Waals surface area (Å²) in [6.45, 7) is 6.14. The number of carbonyl (C=O) groups excluding carboxylic acids is 3. The fourth-order valence-electron chi connectivity index (χ4n) is 4.77. The lowest BCUT2D eigenvalue weighted by Gasteiger charge is -2.21. The smallest absolute Gasteiger partial charge is 0.306 e. The Labute approximate surface area is 379 Å². The fourth-order valence-corrected chi connectivity index (χ4v) is 9.11. The predicted molar refractivity (Wildman–Crippen MR) is 277 cm³/mol. The molecule has 0 unspecified atom stereocenters. The summed E-state index contributed by atoms with van der Waals surface area (Å²) in [6, 6.07) is 16.3. The van der Waals surface area contributed by atoms with Gasteiger partial charge in [0.05, 0.1) is 32.0 Å². The van der Waals surface area contributed by atoms with Crippen LogP contribution in [-0.4, -0.2) is 98.5 Å². The van der Waals surface area contributed by atoms with Gasteiger partial charge in [0.1, 0.15) is 13.2 Å². The molecule has 1 heterocycles. The third kappa shape index (κ3) is 24.4. The zero-order chi connectivity index (χ0) is 36.1. The van der Waals surface area contributed by atoms with Crippen molar-refractivity contribution in [1.29, 1.82) is 0 Å². The van der Waals surface area contributed by atoms with Crippen LogP contribution in [0.25, 0.3) is 9.81 Å². The van der Waals surface area contributed by atoms with E-state index in [-0.39, 0.29) is 82.5 Å². The maximum atomic E-state index is 13.5. The molecular weight excluding hydrogens is 823 g/mol. The van der Waals surface area contributed by atoms with Gasteiger partial charge < -0.3 is 19.3 Å². The molecule has 0 amide bonds. The van der Waals surface area contributed by atoms with Gasteiger partial charge in [-0.2, -0.15) is 35.3 Å². The second-order valence-electron chi connectivity index (χ2n) is 11.7. The average molecular weight is 909 g/mol. The van der Waals surface area contributed by atoms with Crippen molar-refractivity contribution in [3.63, 3.8) is 0 Å². The van der Waals surface area contributed by atoms with Crippen LogP contribution < -0.4 is 14.5 Å². The molecular formula is C45H85N3O5S5. The second kappa shape index (κ2) is 39.2. The van der Waals surface area contributed by atoms with E-state index >= 15 is 0 Å². The first-order valence-electron chi connectivity index (χ1n) is 17.2. The summed E-state index contributed by atoms with van der Waals surface area (Å²) in [5, 5.41) is 0.113. The Morgan fingerprint density at radius 1 is 0.655 bits per heavy atom. The highest BCUT2D eigenvalue weighted by Gasteiger charge is 2.28. The number of nitrogens with zero attached hydrogens (tertiary/aromatic N) is 2. The summed E-state index contributed by atoms with van der Waals surface area (Å²) in [5.41, 5.74) is 4.02. The number of esters is 2. The lowest BCUT2D eigenvalue weighted by Crippen LogP contribution is -2.30. The molecule has 0 spiro atoms. The van der Waals surface area contributed by atoms with Crippen molar-refractivity contribution in [2.24, 2.45) is 0 Å². The van der Waals surface area contributed by atoms with Crippen LogP contribution in [0.15, 0.2) is 48.5 Å². The van der Waals surface area contributed by atoms with Crippen LogP contribution >= 0.6 is 59.0 Å². The van der Waals surface area contributed by atoms with E-state index in [9.17, 15) is 14.4 Å². The molecule has 340 valence electrons. The van der Waals surface area contributed by atoms with E-state index in [1.165, 1.54) is 23.7 Å². The Kier molecular flexibility index (Phi) is 45.9. The molecule has 1 aliphatic rings. The maximum absolute atomic E-state index is 13.5. The summed E-state index contributed by atoms with van der Waals surface area (Å²) in [7, 11) is 3.98. The molecule has 0 aromatic heterocycles. The van der Waals surface area contributed by atoms with Crippen LogP contribution in [0.5, 0.6) is 0 Å². The molecule has 1 aliphatic heterocycles. The molecule has 2 aromatic carbocycles. The SMILES string of the molecule is C.C.C.C.C.C.C.C.CCCSCCC(=O)OCCN(C)c1ccc(C2=C(c3ccc(N(C)CCOC(=O)CCSCCC)cc3)SC(=O)[C@H](CCSC)NS2)cc1.